The fourth-order valence-corrected chi connectivity index (χ4v) is 5.68. The smallest absolute Gasteiger partial charge is 0.451 e. The standard InChI is InChI=1S/C33H27F5N8O2/c34-24-4-3-21(12-29(24)48-18-22-2-1-19(14-39)11-25(22)35)20-5-8-45(9-6-20)17-30-41-26-13-27(31-42-32(44-43-31)33(36,37)38)40-15-28(26)46(30)16-23-7-10-47-23/h1-5,11-13,15,23H,6-10,16-18H2,(H,42,43,44)/t23-/m0/s1. The number of aromatic amines is 1. The molecule has 1 saturated heterocycles. The van der Waals surface area contributed by atoms with Crippen LogP contribution in [-0.2, 0) is 30.6 Å². The third-order valence-electron chi connectivity index (χ3n) is 8.40. The lowest BCUT2D eigenvalue weighted by atomic mass is 9.99. The summed E-state index contributed by atoms with van der Waals surface area (Å²) in [5.74, 6) is -1.78. The van der Waals surface area contributed by atoms with Crippen molar-refractivity contribution in [1.82, 2.24) is 34.6 Å². The van der Waals surface area contributed by atoms with Gasteiger partial charge in [-0.05, 0) is 54.3 Å². The van der Waals surface area contributed by atoms with E-state index in [1.165, 1.54) is 18.2 Å². The number of nitrogens with one attached hydrogen (secondary N) is 1. The second-order valence-electron chi connectivity index (χ2n) is 11.6. The average molecular weight is 663 g/mol. The second-order valence-corrected chi connectivity index (χ2v) is 11.6. The molecule has 1 fully saturated rings. The van der Waals surface area contributed by atoms with E-state index in [0.717, 1.165) is 35.0 Å². The summed E-state index contributed by atoms with van der Waals surface area (Å²) in [6.07, 6.45) is 0.574. The summed E-state index contributed by atoms with van der Waals surface area (Å²) in [7, 11) is 0. The zero-order valence-electron chi connectivity index (χ0n) is 25.3. The van der Waals surface area contributed by atoms with Gasteiger partial charge < -0.3 is 14.0 Å². The number of aromatic nitrogens is 6. The minimum Gasteiger partial charge on any atom is -0.486 e. The third-order valence-corrected chi connectivity index (χ3v) is 8.40. The molecular formula is C33H27F5N8O2. The van der Waals surface area contributed by atoms with Crippen molar-refractivity contribution in [2.24, 2.45) is 0 Å². The Labute approximate surface area is 270 Å². The molecule has 48 heavy (non-hydrogen) atoms. The van der Waals surface area contributed by atoms with Crippen LogP contribution >= 0.6 is 0 Å². The number of rotatable bonds is 9. The average Bonchev–Trinajstić information content (AvgIpc) is 3.68. The van der Waals surface area contributed by atoms with Crippen LogP contribution < -0.4 is 4.74 Å². The van der Waals surface area contributed by atoms with Crippen LogP contribution in [0, 0.1) is 23.0 Å². The first kappa shape index (κ1) is 31.4. The summed E-state index contributed by atoms with van der Waals surface area (Å²) in [6.45, 7) is 2.81. The molecule has 15 heteroatoms. The van der Waals surface area contributed by atoms with Crippen LogP contribution in [0.25, 0.3) is 28.1 Å². The summed E-state index contributed by atoms with van der Waals surface area (Å²) in [6, 6.07) is 12.1. The van der Waals surface area contributed by atoms with Crippen LogP contribution in [0.3, 0.4) is 0 Å². The van der Waals surface area contributed by atoms with E-state index in [4.69, 9.17) is 19.7 Å². The van der Waals surface area contributed by atoms with E-state index in [1.54, 1.807) is 24.4 Å². The van der Waals surface area contributed by atoms with Crippen LogP contribution in [0.1, 0.15) is 41.2 Å². The van der Waals surface area contributed by atoms with Crippen LogP contribution in [0.5, 0.6) is 5.75 Å². The van der Waals surface area contributed by atoms with E-state index in [2.05, 4.69) is 26.0 Å². The third kappa shape index (κ3) is 6.49. The van der Waals surface area contributed by atoms with Crippen molar-refractivity contribution in [2.45, 2.75) is 44.8 Å². The van der Waals surface area contributed by atoms with Gasteiger partial charge in [-0.3, -0.25) is 15.0 Å². The molecule has 5 heterocycles. The van der Waals surface area contributed by atoms with Gasteiger partial charge in [0.05, 0.1) is 48.1 Å². The van der Waals surface area contributed by atoms with Gasteiger partial charge in [0.15, 0.2) is 17.4 Å². The van der Waals surface area contributed by atoms with Gasteiger partial charge in [0.2, 0.25) is 5.82 Å². The molecule has 3 aromatic heterocycles. The maximum absolute atomic E-state index is 14.6. The number of nitriles is 1. The molecule has 7 rings (SSSR count). The molecule has 2 aromatic carbocycles. The highest BCUT2D eigenvalue weighted by atomic mass is 19.4. The Balaban J connectivity index is 1.07. The number of H-pyrrole nitrogens is 1. The Kier molecular flexibility index (Phi) is 8.36. The number of ether oxygens (including phenoxy) is 2. The number of fused-ring (bicyclic) bond motifs is 1. The minimum atomic E-state index is -4.66. The topological polar surface area (TPSA) is 118 Å². The molecule has 0 radical (unpaired) electrons. The molecular weight excluding hydrogens is 635 g/mol. The predicted octanol–water partition coefficient (Wildman–Crippen LogP) is 6.04. The van der Waals surface area contributed by atoms with E-state index in [-0.39, 0.29) is 41.1 Å². The lowest BCUT2D eigenvalue weighted by molar-refractivity contribution is -0.144. The van der Waals surface area contributed by atoms with Crippen LogP contribution in [0.2, 0.25) is 0 Å². The molecule has 0 unspecified atom stereocenters. The van der Waals surface area contributed by atoms with Crippen molar-refractivity contribution < 1.29 is 31.4 Å². The Morgan fingerprint density at radius 3 is 2.62 bits per heavy atom. The Morgan fingerprint density at radius 1 is 1.08 bits per heavy atom. The van der Waals surface area contributed by atoms with Crippen LogP contribution in [-0.4, -0.2) is 60.4 Å². The number of benzene rings is 2. The van der Waals surface area contributed by atoms with Gasteiger partial charge in [-0.1, -0.05) is 18.2 Å². The SMILES string of the molecule is N#Cc1ccc(COc2cc(C3=CCN(Cc4nc5cc(-c6n[nH]c(C(F)(F)F)n6)ncc5n4C[C@@H]4CCO4)CC3)ccc2F)c(F)c1. The van der Waals surface area contributed by atoms with Crippen molar-refractivity contribution in [2.75, 3.05) is 19.7 Å². The van der Waals surface area contributed by atoms with Gasteiger partial charge in [0.1, 0.15) is 23.9 Å². The predicted molar refractivity (Wildman–Crippen MR) is 162 cm³/mol. The largest absolute Gasteiger partial charge is 0.486 e. The van der Waals surface area contributed by atoms with Crippen molar-refractivity contribution in [3.63, 3.8) is 0 Å². The maximum Gasteiger partial charge on any atom is 0.451 e. The molecule has 1 N–H and O–H groups in total. The van der Waals surface area contributed by atoms with E-state index < -0.39 is 23.6 Å². The van der Waals surface area contributed by atoms with E-state index in [1.807, 2.05) is 15.7 Å². The van der Waals surface area contributed by atoms with E-state index in [9.17, 15) is 22.0 Å². The first-order valence-corrected chi connectivity index (χ1v) is 15.1. The lowest BCUT2D eigenvalue weighted by Crippen LogP contribution is -2.33. The monoisotopic (exact) mass is 662 g/mol. The van der Waals surface area contributed by atoms with Gasteiger partial charge in [0.25, 0.3) is 0 Å². The van der Waals surface area contributed by atoms with Crippen LogP contribution in [0.15, 0.2) is 54.7 Å². The van der Waals surface area contributed by atoms with Gasteiger partial charge in [-0.2, -0.15) is 23.5 Å². The molecule has 2 aliphatic rings. The van der Waals surface area contributed by atoms with Gasteiger partial charge in [-0.15, -0.1) is 0 Å². The molecule has 0 aliphatic carbocycles. The van der Waals surface area contributed by atoms with Crippen molar-refractivity contribution >= 4 is 16.6 Å². The van der Waals surface area contributed by atoms with E-state index >= 15 is 0 Å². The molecule has 246 valence electrons. The molecule has 0 saturated carbocycles. The van der Waals surface area contributed by atoms with Crippen molar-refractivity contribution in [3.8, 4) is 23.3 Å². The normalized spacial score (nSPS) is 16.8. The highest BCUT2D eigenvalue weighted by Gasteiger charge is 2.35. The number of alkyl halides is 3. The number of imidazole rings is 1. The highest BCUT2D eigenvalue weighted by molar-refractivity contribution is 5.79. The van der Waals surface area contributed by atoms with E-state index in [0.29, 0.717) is 44.7 Å². The maximum atomic E-state index is 14.6. The zero-order chi connectivity index (χ0) is 33.4. The summed E-state index contributed by atoms with van der Waals surface area (Å²) in [5.41, 5.74) is 3.65. The van der Waals surface area contributed by atoms with Crippen molar-refractivity contribution in [3.05, 3.63) is 94.7 Å². The fraction of sp³-hybridized carbons (Fsp3) is 0.303. The Bertz CT molecular complexity index is 2060. The summed E-state index contributed by atoms with van der Waals surface area (Å²) in [4.78, 5) is 14.9. The molecule has 0 amide bonds. The zero-order valence-corrected chi connectivity index (χ0v) is 25.3. The van der Waals surface area contributed by atoms with Gasteiger partial charge in [0, 0.05) is 25.3 Å². The Hall–Kier alpha value is -5.20. The summed E-state index contributed by atoms with van der Waals surface area (Å²) >= 11 is 0. The van der Waals surface area contributed by atoms with Gasteiger partial charge >= 0.3 is 6.18 Å². The molecule has 0 bridgehead atoms. The Morgan fingerprint density at radius 2 is 1.94 bits per heavy atom. The molecule has 10 nitrogen and oxygen atoms in total. The molecule has 2 aliphatic heterocycles. The first-order chi connectivity index (χ1) is 23.1. The quantitative estimate of drug-likeness (QED) is 0.190. The van der Waals surface area contributed by atoms with Crippen molar-refractivity contribution in [1.29, 1.82) is 5.26 Å². The second kappa shape index (κ2) is 12.8. The first-order valence-electron chi connectivity index (χ1n) is 15.1. The number of hydrogen-bond donors (Lipinski definition) is 1. The summed E-state index contributed by atoms with van der Waals surface area (Å²) in [5, 5.41) is 14.5. The number of nitrogens with zero attached hydrogens (tertiary/aromatic N) is 7. The molecule has 0 spiro atoms. The number of halogens is 5. The number of hydrogen-bond acceptors (Lipinski definition) is 8. The van der Waals surface area contributed by atoms with Gasteiger partial charge in [-0.25, -0.2) is 18.7 Å². The highest BCUT2D eigenvalue weighted by Crippen LogP contribution is 2.31. The summed E-state index contributed by atoms with van der Waals surface area (Å²) < 4.78 is 81.4. The number of pyridine rings is 1. The minimum absolute atomic E-state index is 0.000771. The van der Waals surface area contributed by atoms with Crippen LogP contribution in [0.4, 0.5) is 22.0 Å². The fourth-order valence-electron chi connectivity index (χ4n) is 5.68. The lowest BCUT2D eigenvalue weighted by Gasteiger charge is -2.29. The molecule has 1 atom stereocenters. The molecule has 5 aromatic rings.